The summed E-state index contributed by atoms with van der Waals surface area (Å²) in [6.07, 6.45) is 3.77. The number of likely N-dealkylation sites (tertiary alicyclic amines) is 1. The average molecular weight is 461 g/mol. The molecule has 0 aliphatic carbocycles. The van der Waals surface area contributed by atoms with E-state index >= 15 is 0 Å². The maximum atomic E-state index is 12.2. The molecule has 0 saturated carbocycles. The molecule has 3 rings (SSSR count). The van der Waals surface area contributed by atoms with E-state index in [2.05, 4.69) is 38.3 Å². The Bertz CT molecular complexity index is 1150. The molecule has 178 valence electrons. The van der Waals surface area contributed by atoms with Gasteiger partial charge in [-0.05, 0) is 61.1 Å². The van der Waals surface area contributed by atoms with Gasteiger partial charge in [0.25, 0.3) is 5.91 Å². The van der Waals surface area contributed by atoms with Crippen LogP contribution >= 0.6 is 0 Å². The molecule has 2 aromatic carbocycles. The molecule has 1 saturated heterocycles. The van der Waals surface area contributed by atoms with Gasteiger partial charge in [-0.3, -0.25) is 10.2 Å². The monoisotopic (exact) mass is 460 g/mol. The van der Waals surface area contributed by atoms with Gasteiger partial charge in [0.2, 0.25) is 0 Å². The number of carbonyl (C=O) groups excluding carboxylic acids is 1. The number of benzene rings is 2. The molecule has 1 atom stereocenters. The predicted octanol–water partition coefficient (Wildman–Crippen LogP) is 3.47. The van der Waals surface area contributed by atoms with Crippen molar-refractivity contribution in [1.82, 2.24) is 10.2 Å². The van der Waals surface area contributed by atoms with E-state index in [0.29, 0.717) is 36.1 Å². The molecule has 1 aliphatic heterocycles. The maximum absolute atomic E-state index is 12.2. The van der Waals surface area contributed by atoms with Crippen molar-refractivity contribution in [3.8, 4) is 17.7 Å². The second-order valence-corrected chi connectivity index (χ2v) is 8.86. The van der Waals surface area contributed by atoms with Gasteiger partial charge in [0, 0.05) is 24.7 Å². The smallest absolute Gasteiger partial charge is 0.254 e. The first-order valence-electron chi connectivity index (χ1n) is 11.4. The summed E-state index contributed by atoms with van der Waals surface area (Å²) in [5.41, 5.74) is 14.5. The summed E-state index contributed by atoms with van der Waals surface area (Å²) in [6, 6.07) is 12.8. The Labute approximate surface area is 200 Å². The molecule has 0 radical (unpaired) electrons. The first-order chi connectivity index (χ1) is 16.2. The second-order valence-electron chi connectivity index (χ2n) is 8.86. The van der Waals surface area contributed by atoms with Crippen LogP contribution in [0.1, 0.15) is 49.3 Å². The molecule has 1 heterocycles. The molecule has 8 nitrogen and oxygen atoms in total. The van der Waals surface area contributed by atoms with Crippen molar-refractivity contribution in [3.63, 3.8) is 0 Å². The number of hydrogen-bond donors (Lipinski definition) is 4. The number of ether oxygens (including phenoxy) is 1. The standard InChI is InChI=1S/C26H32N6O2/c1-16(2)22-10-9-21(12-17(22)3)34-20-8-4-6-18(13-20)24(28)23(26(30)33)25(29)31-19-7-5-11-32(14-19)15-27/h4,6,8-10,12-13,16,19,28,31H,5,7,11,14,29H2,1-3H3,(H2,30,33)/b25-23+,28-24?. The van der Waals surface area contributed by atoms with E-state index in [1.807, 2.05) is 12.1 Å². The van der Waals surface area contributed by atoms with Crippen molar-refractivity contribution >= 4 is 11.6 Å². The Morgan fingerprint density at radius 3 is 2.62 bits per heavy atom. The Hall–Kier alpha value is -3.99. The first kappa shape index (κ1) is 24.6. The van der Waals surface area contributed by atoms with Crippen molar-refractivity contribution in [2.75, 3.05) is 13.1 Å². The highest BCUT2D eigenvalue weighted by Crippen LogP contribution is 2.28. The van der Waals surface area contributed by atoms with Crippen LogP contribution in [0.25, 0.3) is 0 Å². The van der Waals surface area contributed by atoms with Crippen molar-refractivity contribution in [2.45, 2.75) is 45.6 Å². The van der Waals surface area contributed by atoms with Gasteiger partial charge in [0.1, 0.15) is 22.9 Å². The van der Waals surface area contributed by atoms with E-state index in [-0.39, 0.29) is 23.1 Å². The zero-order valence-electron chi connectivity index (χ0n) is 19.9. The van der Waals surface area contributed by atoms with E-state index in [1.165, 1.54) is 5.56 Å². The minimum atomic E-state index is -0.797. The van der Waals surface area contributed by atoms with Crippen LogP contribution < -0.4 is 21.5 Å². The molecule has 34 heavy (non-hydrogen) atoms. The minimum absolute atomic E-state index is 0.0357. The number of hydrogen-bond acceptors (Lipinski definition) is 7. The molecule has 0 spiro atoms. The van der Waals surface area contributed by atoms with E-state index in [1.54, 1.807) is 29.2 Å². The van der Waals surface area contributed by atoms with Gasteiger partial charge in [-0.25, -0.2) is 0 Å². The van der Waals surface area contributed by atoms with Crippen LogP contribution in [0.3, 0.4) is 0 Å². The van der Waals surface area contributed by atoms with Crippen molar-refractivity contribution in [1.29, 1.82) is 10.7 Å². The molecule has 0 aromatic heterocycles. The number of piperidine rings is 1. The molecule has 6 N–H and O–H groups in total. The van der Waals surface area contributed by atoms with Crippen molar-refractivity contribution in [3.05, 3.63) is 70.5 Å². The highest BCUT2D eigenvalue weighted by Gasteiger charge is 2.23. The number of nitriles is 1. The van der Waals surface area contributed by atoms with Gasteiger partial charge in [-0.1, -0.05) is 32.0 Å². The SMILES string of the molecule is Cc1cc(Oc2cccc(C(=N)/C(C(N)=O)=C(/N)NC3CCCN(C#N)C3)c2)ccc1C(C)C. The third-order valence-corrected chi connectivity index (χ3v) is 5.91. The number of aryl methyl sites for hydroxylation is 1. The van der Waals surface area contributed by atoms with Gasteiger partial charge < -0.3 is 26.4 Å². The summed E-state index contributed by atoms with van der Waals surface area (Å²) in [4.78, 5) is 13.9. The highest BCUT2D eigenvalue weighted by atomic mass is 16.5. The number of primary amides is 1. The normalized spacial score (nSPS) is 16.4. The quantitative estimate of drug-likeness (QED) is 0.270. The number of rotatable bonds is 8. The third kappa shape index (κ3) is 5.87. The number of nitrogens with two attached hydrogens (primary N) is 2. The van der Waals surface area contributed by atoms with Crippen LogP contribution in [0, 0.1) is 23.8 Å². The third-order valence-electron chi connectivity index (χ3n) is 5.91. The topological polar surface area (TPSA) is 141 Å². The Morgan fingerprint density at radius 2 is 1.97 bits per heavy atom. The van der Waals surface area contributed by atoms with Crippen LogP contribution in [0.2, 0.25) is 0 Å². The molecule has 1 amide bonds. The molecule has 1 aliphatic rings. The number of amides is 1. The van der Waals surface area contributed by atoms with Crippen LogP contribution in [0.15, 0.2) is 53.9 Å². The molecule has 0 bridgehead atoms. The van der Waals surface area contributed by atoms with Crippen LogP contribution in [-0.4, -0.2) is 35.7 Å². The lowest BCUT2D eigenvalue weighted by molar-refractivity contribution is -0.114. The van der Waals surface area contributed by atoms with Crippen molar-refractivity contribution in [2.24, 2.45) is 11.5 Å². The molecule has 1 fully saturated rings. The summed E-state index contributed by atoms with van der Waals surface area (Å²) in [6.45, 7) is 7.53. The number of carbonyl (C=O) groups is 1. The fraction of sp³-hybridized carbons (Fsp3) is 0.346. The summed E-state index contributed by atoms with van der Waals surface area (Å²) in [7, 11) is 0. The number of nitrogens with one attached hydrogen (secondary N) is 2. The first-order valence-corrected chi connectivity index (χ1v) is 11.4. The van der Waals surface area contributed by atoms with E-state index < -0.39 is 5.91 Å². The fourth-order valence-corrected chi connectivity index (χ4v) is 4.22. The molecule has 1 unspecified atom stereocenters. The summed E-state index contributed by atoms with van der Waals surface area (Å²) in [5, 5.41) is 20.9. The van der Waals surface area contributed by atoms with Crippen LogP contribution in [0.5, 0.6) is 11.5 Å². The van der Waals surface area contributed by atoms with E-state index in [0.717, 1.165) is 18.4 Å². The summed E-state index contributed by atoms with van der Waals surface area (Å²) < 4.78 is 6.02. The summed E-state index contributed by atoms with van der Waals surface area (Å²) >= 11 is 0. The van der Waals surface area contributed by atoms with E-state index in [4.69, 9.17) is 26.9 Å². The van der Waals surface area contributed by atoms with Gasteiger partial charge in [0.05, 0.1) is 5.71 Å². The Balaban J connectivity index is 1.81. The zero-order valence-corrected chi connectivity index (χ0v) is 19.9. The lowest BCUT2D eigenvalue weighted by atomic mass is 9.98. The Kier molecular flexibility index (Phi) is 7.79. The fourth-order valence-electron chi connectivity index (χ4n) is 4.22. The Morgan fingerprint density at radius 1 is 1.24 bits per heavy atom. The zero-order chi connectivity index (χ0) is 24.8. The molecule has 8 heteroatoms. The average Bonchev–Trinajstić information content (AvgIpc) is 2.79. The van der Waals surface area contributed by atoms with Crippen LogP contribution in [-0.2, 0) is 4.79 Å². The largest absolute Gasteiger partial charge is 0.457 e. The van der Waals surface area contributed by atoms with Crippen molar-refractivity contribution < 1.29 is 9.53 Å². The van der Waals surface area contributed by atoms with Gasteiger partial charge in [0.15, 0.2) is 6.19 Å². The predicted molar refractivity (Wildman–Crippen MR) is 132 cm³/mol. The lowest BCUT2D eigenvalue weighted by Crippen LogP contribution is -2.46. The van der Waals surface area contributed by atoms with Gasteiger partial charge in [-0.15, -0.1) is 0 Å². The maximum Gasteiger partial charge on any atom is 0.254 e. The molecular formula is C26H32N6O2. The molecule has 2 aromatic rings. The molecular weight excluding hydrogens is 428 g/mol. The number of nitrogens with zero attached hydrogens (tertiary/aromatic N) is 2. The van der Waals surface area contributed by atoms with E-state index in [9.17, 15) is 4.79 Å². The highest BCUT2D eigenvalue weighted by molar-refractivity contribution is 6.26. The summed E-state index contributed by atoms with van der Waals surface area (Å²) in [5.74, 6) is 0.887. The van der Waals surface area contributed by atoms with Crippen LogP contribution in [0.4, 0.5) is 0 Å². The second kappa shape index (κ2) is 10.8. The minimum Gasteiger partial charge on any atom is -0.457 e. The lowest BCUT2D eigenvalue weighted by Gasteiger charge is -2.30. The van der Waals surface area contributed by atoms with Gasteiger partial charge in [-0.2, -0.15) is 5.26 Å². The van der Waals surface area contributed by atoms with Gasteiger partial charge >= 0.3 is 0 Å².